The molecule has 2 aromatic rings. The molecule has 0 heterocycles. The maximum Gasteiger partial charge on any atom is 0.251 e. The molecular weight excluding hydrogens is 288 g/mol. The summed E-state index contributed by atoms with van der Waals surface area (Å²) in [7, 11) is 1.66. The molecule has 0 radical (unpaired) electrons. The number of hydrogen-bond acceptors (Lipinski definition) is 3. The summed E-state index contributed by atoms with van der Waals surface area (Å²) >= 11 is 0. The molecule has 1 amide bonds. The first-order valence-electron chi connectivity index (χ1n) is 7.85. The molecule has 0 bridgehead atoms. The number of nitrogens with one attached hydrogen (secondary N) is 1. The minimum Gasteiger partial charge on any atom is -0.497 e. The van der Waals surface area contributed by atoms with E-state index >= 15 is 0 Å². The van der Waals surface area contributed by atoms with Gasteiger partial charge < -0.3 is 15.8 Å². The Hall–Kier alpha value is -2.33. The molecule has 2 rings (SSSR count). The minimum absolute atomic E-state index is 0.0456. The third-order valence-electron chi connectivity index (χ3n) is 3.85. The van der Waals surface area contributed by atoms with Gasteiger partial charge in [0.05, 0.1) is 7.11 Å². The number of benzene rings is 2. The number of ether oxygens (including phenoxy) is 1. The summed E-state index contributed by atoms with van der Waals surface area (Å²) in [6.07, 6.45) is 1.80. The molecule has 122 valence electrons. The number of rotatable bonds is 7. The summed E-state index contributed by atoms with van der Waals surface area (Å²) in [6.45, 7) is 2.51. The van der Waals surface area contributed by atoms with Crippen LogP contribution in [0.2, 0.25) is 0 Å². The molecule has 1 atom stereocenters. The van der Waals surface area contributed by atoms with Gasteiger partial charge >= 0.3 is 0 Å². The predicted molar refractivity (Wildman–Crippen MR) is 92.6 cm³/mol. The fourth-order valence-electron chi connectivity index (χ4n) is 2.35. The van der Waals surface area contributed by atoms with E-state index in [1.54, 1.807) is 7.11 Å². The largest absolute Gasteiger partial charge is 0.497 e. The van der Waals surface area contributed by atoms with Gasteiger partial charge in [0.1, 0.15) is 5.75 Å². The summed E-state index contributed by atoms with van der Waals surface area (Å²) in [5.74, 6) is 0.812. The van der Waals surface area contributed by atoms with Crippen molar-refractivity contribution in [2.45, 2.75) is 32.4 Å². The highest BCUT2D eigenvalue weighted by molar-refractivity contribution is 5.94. The molecule has 4 heteroatoms. The van der Waals surface area contributed by atoms with E-state index in [1.807, 2.05) is 43.3 Å². The maximum atomic E-state index is 12.2. The third-order valence-corrected chi connectivity index (χ3v) is 3.85. The smallest absolute Gasteiger partial charge is 0.251 e. The molecule has 0 aromatic heterocycles. The van der Waals surface area contributed by atoms with Crippen LogP contribution in [-0.2, 0) is 13.0 Å². The first-order chi connectivity index (χ1) is 11.1. The van der Waals surface area contributed by atoms with E-state index in [1.165, 1.54) is 5.56 Å². The zero-order chi connectivity index (χ0) is 16.7. The summed E-state index contributed by atoms with van der Waals surface area (Å²) in [5.41, 5.74) is 8.48. The van der Waals surface area contributed by atoms with Gasteiger partial charge in [0, 0.05) is 18.2 Å². The van der Waals surface area contributed by atoms with Crippen LogP contribution in [0.4, 0.5) is 0 Å². The zero-order valence-corrected chi connectivity index (χ0v) is 13.7. The molecule has 23 heavy (non-hydrogen) atoms. The lowest BCUT2D eigenvalue weighted by atomic mass is 10.1. The Balaban J connectivity index is 1.83. The average molecular weight is 312 g/mol. The van der Waals surface area contributed by atoms with Crippen LogP contribution in [0.25, 0.3) is 0 Å². The van der Waals surface area contributed by atoms with E-state index in [0.717, 1.165) is 24.2 Å². The monoisotopic (exact) mass is 312 g/mol. The minimum atomic E-state index is -0.0456. The number of hydrogen-bond donors (Lipinski definition) is 2. The van der Waals surface area contributed by atoms with Gasteiger partial charge in [-0.3, -0.25) is 4.79 Å². The van der Waals surface area contributed by atoms with E-state index in [-0.39, 0.29) is 11.9 Å². The van der Waals surface area contributed by atoms with E-state index in [2.05, 4.69) is 17.4 Å². The van der Waals surface area contributed by atoms with E-state index < -0.39 is 0 Å². The molecular formula is C19H24N2O2. The highest BCUT2D eigenvalue weighted by atomic mass is 16.5. The summed E-state index contributed by atoms with van der Waals surface area (Å²) in [6, 6.07) is 15.5. The van der Waals surface area contributed by atoms with Crippen molar-refractivity contribution in [3.63, 3.8) is 0 Å². The molecule has 2 aromatic carbocycles. The molecule has 0 fully saturated rings. The highest BCUT2D eigenvalue weighted by Crippen LogP contribution is 2.13. The van der Waals surface area contributed by atoms with Crippen LogP contribution in [0.1, 0.15) is 34.8 Å². The van der Waals surface area contributed by atoms with E-state index in [9.17, 15) is 4.79 Å². The van der Waals surface area contributed by atoms with Crippen molar-refractivity contribution in [3.05, 3.63) is 65.2 Å². The van der Waals surface area contributed by atoms with Crippen LogP contribution in [0.5, 0.6) is 5.75 Å². The number of methoxy groups -OCH3 is 1. The first kappa shape index (κ1) is 17.0. The van der Waals surface area contributed by atoms with Gasteiger partial charge in [0.25, 0.3) is 5.91 Å². The molecule has 0 saturated carbocycles. The second-order valence-corrected chi connectivity index (χ2v) is 5.66. The summed E-state index contributed by atoms with van der Waals surface area (Å²) in [4.78, 5) is 12.2. The van der Waals surface area contributed by atoms with Crippen LogP contribution < -0.4 is 15.8 Å². The van der Waals surface area contributed by atoms with Gasteiger partial charge in [-0.2, -0.15) is 0 Å². The fraction of sp³-hybridized carbons (Fsp3) is 0.316. The van der Waals surface area contributed by atoms with Gasteiger partial charge in [-0.25, -0.2) is 0 Å². The van der Waals surface area contributed by atoms with Gasteiger partial charge in [-0.1, -0.05) is 24.3 Å². The average Bonchev–Trinajstić information content (AvgIpc) is 2.60. The third kappa shape index (κ3) is 5.11. The number of amides is 1. The number of nitrogens with two attached hydrogens (primary N) is 1. The van der Waals surface area contributed by atoms with Gasteiger partial charge in [0.2, 0.25) is 0 Å². The quantitative estimate of drug-likeness (QED) is 0.826. The van der Waals surface area contributed by atoms with Gasteiger partial charge in [-0.15, -0.1) is 0 Å². The Morgan fingerprint density at radius 1 is 1.09 bits per heavy atom. The Morgan fingerprint density at radius 3 is 2.26 bits per heavy atom. The van der Waals surface area contributed by atoms with Crippen LogP contribution in [0, 0.1) is 0 Å². The normalized spacial score (nSPS) is 11.8. The number of aryl methyl sites for hydroxylation is 1. The Labute approximate surface area is 137 Å². The summed E-state index contributed by atoms with van der Waals surface area (Å²) < 4.78 is 5.15. The van der Waals surface area contributed by atoms with Crippen molar-refractivity contribution < 1.29 is 9.53 Å². The van der Waals surface area contributed by atoms with Crippen molar-refractivity contribution >= 4 is 5.91 Å². The molecule has 0 aliphatic heterocycles. The molecule has 0 spiro atoms. The van der Waals surface area contributed by atoms with Crippen molar-refractivity contribution in [1.82, 2.24) is 5.32 Å². The topological polar surface area (TPSA) is 64.3 Å². The second kappa shape index (κ2) is 8.34. The van der Waals surface area contributed by atoms with Crippen LogP contribution in [0.3, 0.4) is 0 Å². The molecule has 0 aliphatic rings. The molecule has 0 saturated heterocycles. The lowest BCUT2D eigenvalue weighted by molar-refractivity contribution is 0.0938. The Bertz CT molecular complexity index is 621. The van der Waals surface area contributed by atoms with Crippen LogP contribution in [0.15, 0.2) is 48.5 Å². The lowest BCUT2D eigenvalue weighted by Gasteiger charge is -2.14. The Morgan fingerprint density at radius 2 is 1.70 bits per heavy atom. The van der Waals surface area contributed by atoms with Crippen molar-refractivity contribution in [2.24, 2.45) is 5.73 Å². The SMILES string of the molecule is COc1ccc(CCC(C)NC(=O)c2ccc(CN)cc2)cc1. The highest BCUT2D eigenvalue weighted by Gasteiger charge is 2.10. The number of carbonyl (C=O) groups is 1. The van der Waals surface area contributed by atoms with Crippen LogP contribution >= 0.6 is 0 Å². The summed E-state index contributed by atoms with van der Waals surface area (Å²) in [5, 5.41) is 3.03. The number of carbonyl (C=O) groups excluding carboxylic acids is 1. The Kier molecular flexibility index (Phi) is 6.18. The van der Waals surface area contributed by atoms with E-state index in [4.69, 9.17) is 10.5 Å². The predicted octanol–water partition coefficient (Wildman–Crippen LogP) is 2.91. The standard InChI is InChI=1S/C19H24N2O2/c1-14(3-4-15-7-11-18(23-2)12-8-15)21-19(22)17-9-5-16(13-20)6-10-17/h5-12,14H,3-4,13,20H2,1-2H3,(H,21,22). The molecule has 1 unspecified atom stereocenters. The second-order valence-electron chi connectivity index (χ2n) is 5.66. The van der Waals surface area contributed by atoms with Gasteiger partial charge in [0.15, 0.2) is 0 Å². The molecule has 3 N–H and O–H groups in total. The fourth-order valence-corrected chi connectivity index (χ4v) is 2.35. The van der Waals surface area contributed by atoms with Crippen molar-refractivity contribution in [2.75, 3.05) is 7.11 Å². The first-order valence-corrected chi connectivity index (χ1v) is 7.85. The lowest BCUT2D eigenvalue weighted by Crippen LogP contribution is -2.32. The van der Waals surface area contributed by atoms with Gasteiger partial charge in [-0.05, 0) is 55.2 Å². The molecule has 0 aliphatic carbocycles. The maximum absolute atomic E-state index is 12.2. The van der Waals surface area contributed by atoms with Crippen molar-refractivity contribution in [3.8, 4) is 5.75 Å². The molecule has 4 nitrogen and oxygen atoms in total. The van der Waals surface area contributed by atoms with Crippen LogP contribution in [-0.4, -0.2) is 19.1 Å². The van der Waals surface area contributed by atoms with E-state index in [0.29, 0.717) is 12.1 Å². The van der Waals surface area contributed by atoms with Crippen molar-refractivity contribution in [1.29, 1.82) is 0 Å². The zero-order valence-electron chi connectivity index (χ0n) is 13.7.